The zero-order valence-corrected chi connectivity index (χ0v) is 22.4. The summed E-state index contributed by atoms with van der Waals surface area (Å²) in [6.45, 7) is 2.69. The maximum Gasteiger partial charge on any atom is 0.152 e. The highest BCUT2D eigenvalue weighted by atomic mass is 19.1. The van der Waals surface area contributed by atoms with Crippen molar-refractivity contribution in [1.82, 2.24) is 9.88 Å². The molecule has 1 fully saturated rings. The molecule has 2 heterocycles. The topological polar surface area (TPSA) is 60.9 Å². The molecule has 0 bridgehead atoms. The third-order valence-electron chi connectivity index (χ3n) is 7.77. The van der Waals surface area contributed by atoms with E-state index in [1.807, 2.05) is 38.5 Å². The number of aromatic nitrogens is 1. The van der Waals surface area contributed by atoms with E-state index in [1.54, 1.807) is 7.11 Å². The van der Waals surface area contributed by atoms with Gasteiger partial charge >= 0.3 is 0 Å². The van der Waals surface area contributed by atoms with Crippen LogP contribution in [0.1, 0.15) is 31.2 Å². The highest BCUT2D eigenvalue weighted by Gasteiger charge is 2.33. The summed E-state index contributed by atoms with van der Waals surface area (Å²) in [4.78, 5) is 8.94. The molecular weight excluding hydrogens is 493 g/mol. The minimum absolute atomic E-state index is 0.135. The average Bonchev–Trinajstić information content (AvgIpc) is 2.90. The molecule has 1 aromatic heterocycles. The Morgan fingerprint density at radius 2 is 1.82 bits per heavy atom. The second-order valence-electron chi connectivity index (χ2n) is 10.4. The van der Waals surface area contributed by atoms with Gasteiger partial charge in [0.2, 0.25) is 0 Å². The van der Waals surface area contributed by atoms with Gasteiger partial charge in [0, 0.05) is 51.3 Å². The fourth-order valence-electron chi connectivity index (χ4n) is 5.42. The zero-order valence-electron chi connectivity index (χ0n) is 22.4. The Bertz CT molecular complexity index is 1220. The molecule has 0 atom stereocenters. The Morgan fingerprint density at radius 1 is 1.11 bits per heavy atom. The molecular formula is C29H37F3N4O2. The van der Waals surface area contributed by atoms with Gasteiger partial charge in [-0.3, -0.25) is 4.98 Å². The normalized spacial score (nSPS) is 15.6. The van der Waals surface area contributed by atoms with E-state index in [0.717, 1.165) is 67.5 Å². The number of rotatable bonds is 11. The van der Waals surface area contributed by atoms with Crippen molar-refractivity contribution in [3.8, 4) is 5.75 Å². The molecule has 1 saturated heterocycles. The third-order valence-corrected chi connectivity index (χ3v) is 7.77. The minimum atomic E-state index is -0.934. The first kappa shape index (κ1) is 28.0. The van der Waals surface area contributed by atoms with Crippen molar-refractivity contribution in [3.63, 3.8) is 0 Å². The number of piperidine rings is 1. The molecule has 0 saturated carbocycles. The number of aliphatic hydroxyl groups is 1. The molecule has 1 aliphatic heterocycles. The Morgan fingerprint density at radius 3 is 2.45 bits per heavy atom. The maximum absolute atomic E-state index is 13.9. The van der Waals surface area contributed by atoms with Crippen LogP contribution >= 0.6 is 0 Å². The summed E-state index contributed by atoms with van der Waals surface area (Å²) >= 11 is 0. The van der Waals surface area contributed by atoms with Crippen LogP contribution in [0.5, 0.6) is 5.75 Å². The smallest absolute Gasteiger partial charge is 0.152 e. The monoisotopic (exact) mass is 530 g/mol. The maximum atomic E-state index is 13.9. The van der Waals surface area contributed by atoms with E-state index in [9.17, 15) is 18.3 Å². The highest BCUT2D eigenvalue weighted by molar-refractivity contribution is 5.88. The van der Waals surface area contributed by atoms with Gasteiger partial charge in [0.05, 0.1) is 24.5 Å². The number of hydrogen-bond acceptors (Lipinski definition) is 6. The average molecular weight is 531 g/mol. The van der Waals surface area contributed by atoms with E-state index in [2.05, 4.69) is 20.1 Å². The molecule has 9 heteroatoms. The third kappa shape index (κ3) is 6.32. The Labute approximate surface area is 222 Å². The summed E-state index contributed by atoms with van der Waals surface area (Å²) < 4.78 is 46.3. The fraction of sp³-hybridized carbons (Fsp3) is 0.483. The second kappa shape index (κ2) is 12.2. The van der Waals surface area contributed by atoms with E-state index in [4.69, 9.17) is 4.74 Å². The number of pyridine rings is 1. The summed E-state index contributed by atoms with van der Waals surface area (Å²) in [6, 6.07) is 7.30. The molecule has 3 aromatic rings. The second-order valence-corrected chi connectivity index (χ2v) is 10.4. The summed E-state index contributed by atoms with van der Waals surface area (Å²) in [5.41, 5.74) is 2.81. The molecule has 0 aliphatic carbocycles. The van der Waals surface area contributed by atoms with Crippen LogP contribution in [0.3, 0.4) is 0 Å². The van der Waals surface area contributed by atoms with Crippen LogP contribution in [0.4, 0.5) is 24.5 Å². The Hall–Kier alpha value is -3.04. The first-order valence-electron chi connectivity index (χ1n) is 13.1. The Balaban J connectivity index is 1.34. The van der Waals surface area contributed by atoms with Gasteiger partial charge < -0.3 is 25.0 Å². The van der Waals surface area contributed by atoms with E-state index in [0.29, 0.717) is 25.2 Å². The number of halogens is 3. The number of benzene rings is 2. The van der Waals surface area contributed by atoms with Gasteiger partial charge in [0.25, 0.3) is 0 Å². The summed E-state index contributed by atoms with van der Waals surface area (Å²) in [5, 5.41) is 14.2. The van der Waals surface area contributed by atoms with Crippen molar-refractivity contribution in [2.45, 2.75) is 32.1 Å². The lowest BCUT2D eigenvalue weighted by atomic mass is 9.75. The van der Waals surface area contributed by atoms with Gasteiger partial charge in [0.15, 0.2) is 11.6 Å². The molecule has 206 valence electrons. The first-order valence-corrected chi connectivity index (χ1v) is 13.1. The number of anilines is 2. The van der Waals surface area contributed by atoms with Gasteiger partial charge in [0.1, 0.15) is 17.3 Å². The summed E-state index contributed by atoms with van der Waals surface area (Å²) in [5.74, 6) is -2.00. The van der Waals surface area contributed by atoms with Crippen molar-refractivity contribution in [1.29, 1.82) is 0 Å². The van der Waals surface area contributed by atoms with Crippen molar-refractivity contribution in [2.24, 2.45) is 5.41 Å². The van der Waals surface area contributed by atoms with Crippen LogP contribution in [0.2, 0.25) is 0 Å². The first-order chi connectivity index (χ1) is 18.2. The quantitative estimate of drug-likeness (QED) is 0.354. The van der Waals surface area contributed by atoms with Gasteiger partial charge in [-0.1, -0.05) is 0 Å². The molecule has 6 nitrogen and oxygen atoms in total. The summed E-state index contributed by atoms with van der Waals surface area (Å²) in [7, 11) is 5.70. The number of likely N-dealkylation sites (tertiary alicyclic amines) is 1. The largest absolute Gasteiger partial charge is 0.497 e. The van der Waals surface area contributed by atoms with Crippen molar-refractivity contribution < 1.29 is 23.0 Å². The van der Waals surface area contributed by atoms with Crippen LogP contribution < -0.4 is 15.0 Å². The minimum Gasteiger partial charge on any atom is -0.497 e. The predicted molar refractivity (Wildman–Crippen MR) is 146 cm³/mol. The number of aliphatic hydroxyl groups excluding tert-OH is 1. The molecule has 2 aromatic carbocycles. The highest BCUT2D eigenvalue weighted by Crippen LogP contribution is 2.38. The van der Waals surface area contributed by atoms with Crippen molar-refractivity contribution in [2.75, 3.05) is 64.2 Å². The number of nitrogens with one attached hydrogen (secondary N) is 1. The lowest BCUT2D eigenvalue weighted by molar-refractivity contribution is 0.0370. The Kier molecular flexibility index (Phi) is 8.99. The van der Waals surface area contributed by atoms with E-state index in [1.165, 1.54) is 5.56 Å². The number of ether oxygens (including phenoxy) is 1. The number of fused-ring (bicyclic) bond motifs is 1. The number of methoxy groups -OCH3 is 1. The van der Waals surface area contributed by atoms with E-state index in [-0.39, 0.29) is 17.7 Å². The standard InChI is InChI=1S/C29H37F3N4O2/c1-35(2)27-18-34-26-7-6-21(38-3)17-23(26)22(27)5-4-8-29(19-37)9-12-36(13-10-29)14-11-33-28-24(31)15-20(30)16-25(28)32/h6-7,15-18,33,37H,4-5,8-14,19H2,1-3H3. The molecule has 38 heavy (non-hydrogen) atoms. The molecule has 0 spiro atoms. The van der Waals surface area contributed by atoms with Crippen LogP contribution in [-0.2, 0) is 6.42 Å². The molecule has 2 N–H and O–H groups in total. The number of nitrogens with zero attached hydrogens (tertiary/aromatic N) is 3. The lowest BCUT2D eigenvalue weighted by Gasteiger charge is -2.41. The molecule has 1 aliphatic rings. The van der Waals surface area contributed by atoms with Gasteiger partial charge in [-0.15, -0.1) is 0 Å². The van der Waals surface area contributed by atoms with Crippen molar-refractivity contribution in [3.05, 3.63) is 59.5 Å². The molecule has 4 rings (SSSR count). The van der Waals surface area contributed by atoms with Crippen LogP contribution in [-0.4, -0.2) is 69.0 Å². The fourth-order valence-corrected chi connectivity index (χ4v) is 5.42. The number of hydrogen-bond donors (Lipinski definition) is 2. The molecule has 0 unspecified atom stereocenters. The number of aryl methyl sites for hydroxylation is 1. The van der Waals surface area contributed by atoms with E-state index < -0.39 is 17.5 Å². The van der Waals surface area contributed by atoms with E-state index >= 15 is 0 Å². The van der Waals surface area contributed by atoms with Gasteiger partial charge in [-0.2, -0.15) is 0 Å². The van der Waals surface area contributed by atoms with Gasteiger partial charge in [-0.25, -0.2) is 13.2 Å². The zero-order chi connectivity index (χ0) is 27.3. The summed E-state index contributed by atoms with van der Waals surface area (Å²) in [6.07, 6.45) is 6.33. The molecule has 0 radical (unpaired) electrons. The van der Waals surface area contributed by atoms with Crippen molar-refractivity contribution >= 4 is 22.3 Å². The molecule has 0 amide bonds. The van der Waals surface area contributed by atoms with Gasteiger partial charge in [-0.05, 0) is 74.4 Å². The predicted octanol–water partition coefficient (Wildman–Crippen LogP) is 5.24. The van der Waals surface area contributed by atoms with Crippen LogP contribution in [0, 0.1) is 22.9 Å². The van der Waals surface area contributed by atoms with Crippen LogP contribution in [0.15, 0.2) is 36.5 Å². The van der Waals surface area contributed by atoms with Crippen LogP contribution in [0.25, 0.3) is 10.9 Å². The lowest BCUT2D eigenvalue weighted by Crippen LogP contribution is -2.43. The SMILES string of the molecule is COc1ccc2ncc(N(C)C)c(CCCC3(CO)CCN(CCNc4c(F)cc(F)cc4F)CC3)c2c1.